The number of halogens is 3. The third-order valence-corrected chi connectivity index (χ3v) is 3.92. The second-order valence-corrected chi connectivity index (χ2v) is 5.52. The van der Waals surface area contributed by atoms with Crippen molar-refractivity contribution in [2.24, 2.45) is 0 Å². The molecule has 0 saturated heterocycles. The number of ether oxygens (including phenoxy) is 1. The predicted molar refractivity (Wildman–Crippen MR) is 91.0 cm³/mol. The van der Waals surface area contributed by atoms with Gasteiger partial charge in [-0.15, -0.1) is 0 Å². The number of hydrogen-bond acceptors (Lipinski definition) is 5. The van der Waals surface area contributed by atoms with E-state index in [0.717, 1.165) is 10.6 Å². The number of hydrogen-bond donors (Lipinski definition) is 1. The first kappa shape index (κ1) is 17.7. The minimum Gasteiger partial charge on any atom is -0.496 e. The molecule has 9 heteroatoms. The fraction of sp³-hybridized carbons (Fsp3) is 0.235. The van der Waals surface area contributed by atoms with Gasteiger partial charge in [0.1, 0.15) is 17.0 Å². The number of methoxy groups -OCH3 is 1. The summed E-state index contributed by atoms with van der Waals surface area (Å²) in [6, 6.07) is 7.58. The molecule has 1 N–H and O–H groups in total. The number of pyridine rings is 1. The summed E-state index contributed by atoms with van der Waals surface area (Å²) in [5.41, 5.74) is -1.00. The molecule has 0 unspecified atom stereocenters. The molecule has 0 amide bonds. The molecule has 1 aromatic carbocycles. The highest BCUT2D eigenvalue weighted by atomic mass is 19.4. The molecule has 0 aliphatic heterocycles. The number of anilines is 1. The molecule has 0 bridgehead atoms. The Kier molecular flexibility index (Phi) is 4.31. The van der Waals surface area contributed by atoms with Crippen LogP contribution >= 0.6 is 0 Å². The van der Waals surface area contributed by atoms with Gasteiger partial charge in [0.05, 0.1) is 12.8 Å². The Morgan fingerprint density at radius 3 is 2.46 bits per heavy atom. The lowest BCUT2D eigenvalue weighted by Gasteiger charge is -2.17. The molecule has 0 aliphatic carbocycles. The summed E-state index contributed by atoms with van der Waals surface area (Å²) >= 11 is 0. The van der Waals surface area contributed by atoms with E-state index in [1.807, 2.05) is 0 Å². The standard InChI is InChI=1S/C17H15F3N4O2/c1-9-6-4-5-7-10(9)24-15-13(14(21-2)23-16(24)25)11(26-3)8-12(22-15)17(18,19)20/h4-8H,1-3H3,(H,21,23,25). The maximum Gasteiger partial charge on any atom is 0.433 e. The highest BCUT2D eigenvalue weighted by Crippen LogP contribution is 2.36. The normalized spacial score (nSPS) is 11.6. The van der Waals surface area contributed by atoms with Gasteiger partial charge in [-0.1, -0.05) is 18.2 Å². The lowest BCUT2D eigenvalue weighted by atomic mass is 10.2. The molecule has 0 aliphatic rings. The average molecular weight is 364 g/mol. The number of aromatic nitrogens is 3. The summed E-state index contributed by atoms with van der Waals surface area (Å²) in [6.45, 7) is 1.74. The first-order valence-corrected chi connectivity index (χ1v) is 7.60. The van der Waals surface area contributed by atoms with Gasteiger partial charge in [-0.25, -0.2) is 14.3 Å². The van der Waals surface area contributed by atoms with Gasteiger partial charge in [0.25, 0.3) is 0 Å². The Bertz CT molecular complexity index is 1040. The highest BCUT2D eigenvalue weighted by molar-refractivity contribution is 5.93. The Balaban J connectivity index is 2.55. The molecule has 0 saturated carbocycles. The van der Waals surface area contributed by atoms with Crippen LogP contribution in [0.3, 0.4) is 0 Å². The summed E-state index contributed by atoms with van der Waals surface area (Å²) in [5, 5.41) is 2.90. The zero-order chi connectivity index (χ0) is 19.1. The van der Waals surface area contributed by atoms with E-state index in [2.05, 4.69) is 15.3 Å². The SMILES string of the molecule is CNc1nc(=O)n(-c2ccccc2C)c2nc(C(F)(F)F)cc(OC)c12. The number of para-hydroxylation sites is 1. The van der Waals surface area contributed by atoms with E-state index >= 15 is 0 Å². The fourth-order valence-electron chi connectivity index (χ4n) is 2.70. The fourth-order valence-corrected chi connectivity index (χ4v) is 2.70. The Morgan fingerprint density at radius 2 is 1.88 bits per heavy atom. The molecule has 2 heterocycles. The van der Waals surface area contributed by atoms with Crippen molar-refractivity contribution in [2.75, 3.05) is 19.5 Å². The van der Waals surface area contributed by atoms with Crippen molar-refractivity contribution in [3.63, 3.8) is 0 Å². The van der Waals surface area contributed by atoms with Crippen LogP contribution in [0.2, 0.25) is 0 Å². The summed E-state index contributed by atoms with van der Waals surface area (Å²) in [7, 11) is 2.76. The van der Waals surface area contributed by atoms with Gasteiger partial charge in [-0.3, -0.25) is 0 Å². The second kappa shape index (κ2) is 6.32. The summed E-state index contributed by atoms with van der Waals surface area (Å²) in [5.74, 6) is 0.00872. The van der Waals surface area contributed by atoms with Gasteiger partial charge < -0.3 is 10.1 Å². The van der Waals surface area contributed by atoms with Crippen LogP contribution in [0, 0.1) is 6.92 Å². The third kappa shape index (κ3) is 2.85. The van der Waals surface area contributed by atoms with E-state index < -0.39 is 17.6 Å². The van der Waals surface area contributed by atoms with Crippen LogP contribution in [0.5, 0.6) is 5.75 Å². The Labute approximate surface area is 146 Å². The van der Waals surface area contributed by atoms with Crippen LogP contribution in [0.1, 0.15) is 11.3 Å². The first-order chi connectivity index (χ1) is 12.3. The van der Waals surface area contributed by atoms with Crippen LogP contribution in [-0.2, 0) is 6.18 Å². The van der Waals surface area contributed by atoms with Crippen molar-refractivity contribution in [3.8, 4) is 11.4 Å². The first-order valence-electron chi connectivity index (χ1n) is 7.60. The number of benzene rings is 1. The van der Waals surface area contributed by atoms with Gasteiger partial charge in [0.15, 0.2) is 11.3 Å². The molecule has 3 rings (SSSR count). The van der Waals surface area contributed by atoms with Crippen LogP contribution in [-0.4, -0.2) is 28.7 Å². The maximum atomic E-state index is 13.3. The van der Waals surface area contributed by atoms with E-state index in [9.17, 15) is 18.0 Å². The molecule has 26 heavy (non-hydrogen) atoms. The Hall–Kier alpha value is -3.10. The van der Waals surface area contributed by atoms with E-state index in [4.69, 9.17) is 4.74 Å². The largest absolute Gasteiger partial charge is 0.496 e. The van der Waals surface area contributed by atoms with Crippen LogP contribution in [0.15, 0.2) is 35.1 Å². The summed E-state index contributed by atoms with van der Waals surface area (Å²) < 4.78 is 46.1. The van der Waals surface area contributed by atoms with Crippen molar-refractivity contribution in [1.82, 2.24) is 14.5 Å². The van der Waals surface area contributed by atoms with Crippen molar-refractivity contribution in [2.45, 2.75) is 13.1 Å². The lowest BCUT2D eigenvalue weighted by Crippen LogP contribution is -2.25. The van der Waals surface area contributed by atoms with E-state index in [-0.39, 0.29) is 22.6 Å². The number of aryl methyl sites for hydroxylation is 1. The van der Waals surface area contributed by atoms with Crippen molar-refractivity contribution >= 4 is 16.9 Å². The zero-order valence-electron chi connectivity index (χ0n) is 14.2. The highest BCUT2D eigenvalue weighted by Gasteiger charge is 2.35. The van der Waals surface area contributed by atoms with Crippen molar-refractivity contribution in [1.29, 1.82) is 0 Å². The lowest BCUT2D eigenvalue weighted by molar-refractivity contribution is -0.141. The van der Waals surface area contributed by atoms with Gasteiger partial charge in [0, 0.05) is 13.1 Å². The molecular formula is C17H15F3N4O2. The number of nitrogens with one attached hydrogen (secondary N) is 1. The number of alkyl halides is 3. The molecule has 0 fully saturated rings. The smallest absolute Gasteiger partial charge is 0.433 e. The molecule has 0 radical (unpaired) electrons. The third-order valence-electron chi connectivity index (χ3n) is 3.92. The van der Waals surface area contributed by atoms with Crippen LogP contribution in [0.25, 0.3) is 16.7 Å². The van der Waals surface area contributed by atoms with Gasteiger partial charge in [-0.2, -0.15) is 18.2 Å². The van der Waals surface area contributed by atoms with E-state index in [0.29, 0.717) is 11.3 Å². The molecule has 3 aromatic rings. The molecular weight excluding hydrogens is 349 g/mol. The topological polar surface area (TPSA) is 69.0 Å². The maximum absolute atomic E-state index is 13.3. The molecule has 136 valence electrons. The number of rotatable bonds is 3. The van der Waals surface area contributed by atoms with Crippen LogP contribution in [0.4, 0.5) is 19.0 Å². The van der Waals surface area contributed by atoms with Crippen molar-refractivity contribution in [3.05, 3.63) is 52.1 Å². The molecule has 0 atom stereocenters. The van der Waals surface area contributed by atoms with E-state index in [1.54, 1.807) is 31.2 Å². The molecule has 6 nitrogen and oxygen atoms in total. The summed E-state index contributed by atoms with van der Waals surface area (Å²) in [4.78, 5) is 20.2. The average Bonchev–Trinajstić information content (AvgIpc) is 2.60. The van der Waals surface area contributed by atoms with E-state index in [1.165, 1.54) is 14.2 Å². The summed E-state index contributed by atoms with van der Waals surface area (Å²) in [6.07, 6.45) is -4.70. The predicted octanol–water partition coefficient (Wildman–Crippen LogP) is 3.16. The Morgan fingerprint density at radius 1 is 1.19 bits per heavy atom. The second-order valence-electron chi connectivity index (χ2n) is 5.52. The molecule has 2 aromatic heterocycles. The zero-order valence-corrected chi connectivity index (χ0v) is 14.2. The quantitative estimate of drug-likeness (QED) is 0.773. The molecule has 0 spiro atoms. The van der Waals surface area contributed by atoms with Gasteiger partial charge in [-0.05, 0) is 18.6 Å². The monoisotopic (exact) mass is 364 g/mol. The van der Waals surface area contributed by atoms with Gasteiger partial charge >= 0.3 is 11.9 Å². The number of nitrogens with zero attached hydrogens (tertiary/aromatic N) is 3. The minimum absolute atomic E-state index is 0.0819. The van der Waals surface area contributed by atoms with Crippen LogP contribution < -0.4 is 15.7 Å². The van der Waals surface area contributed by atoms with Gasteiger partial charge in [0.2, 0.25) is 0 Å². The number of fused-ring (bicyclic) bond motifs is 1. The minimum atomic E-state index is -4.70. The van der Waals surface area contributed by atoms with Crippen molar-refractivity contribution < 1.29 is 17.9 Å².